The highest BCUT2D eigenvalue weighted by molar-refractivity contribution is 9.10. The lowest BCUT2D eigenvalue weighted by Crippen LogP contribution is -2.57. The first-order valence-electron chi connectivity index (χ1n) is 12.0. The lowest BCUT2D eigenvalue weighted by atomic mass is 10.00. The van der Waals surface area contributed by atoms with Crippen LogP contribution in [0, 0.1) is 0 Å². The number of carbonyl (C=O) groups is 2. The molecule has 1 unspecified atom stereocenters. The molecule has 210 valence electrons. The van der Waals surface area contributed by atoms with E-state index in [0.29, 0.717) is 31.6 Å². The predicted molar refractivity (Wildman–Crippen MR) is 140 cm³/mol. The van der Waals surface area contributed by atoms with E-state index in [0.717, 1.165) is 38.5 Å². The third-order valence-electron chi connectivity index (χ3n) is 5.99. The predicted octanol–water partition coefficient (Wildman–Crippen LogP) is 5.59. The number of anilines is 1. The summed E-state index contributed by atoms with van der Waals surface area (Å²) in [7, 11) is 2.12. The molecule has 2 aliphatic heterocycles. The van der Waals surface area contributed by atoms with E-state index in [4.69, 9.17) is 11.6 Å². The molecule has 2 aliphatic rings. The van der Waals surface area contributed by atoms with Crippen molar-refractivity contribution < 1.29 is 32.2 Å². The number of benzene rings is 1. The monoisotopic (exact) mass is 614 g/mol. The topological polar surface area (TPSA) is 74.4 Å². The molecule has 1 atom stereocenters. The number of amides is 2. The van der Waals surface area contributed by atoms with Crippen LogP contribution >= 0.6 is 27.5 Å². The minimum atomic E-state index is -4.85. The van der Waals surface area contributed by atoms with Crippen LogP contribution in [-0.4, -0.2) is 91.0 Å². The van der Waals surface area contributed by atoms with Crippen LogP contribution in [0.4, 0.5) is 23.7 Å². The zero-order chi connectivity index (χ0) is 28.0. The van der Waals surface area contributed by atoms with Gasteiger partial charge < -0.3 is 24.6 Å². The molecular weight excluding hydrogens is 581 g/mol. The summed E-state index contributed by atoms with van der Waals surface area (Å²) in [5, 5.41) is 2.73. The molecule has 1 aromatic carbocycles. The standard InChI is InChI=1S/C19H25BrClF3N4O2.C5H10O2/c1-12-11-26(2)7-8-28(12)13-3-5-27(6-4-13)18(29)25-16-10-17(30-19(22,23)24)14(20)9-15(16)21;1-5(2,3)7-4-6/h9-10,12-13H,3-8,11H2,1-2H3,(H,25,29);4H,1-3H3. The van der Waals surface area contributed by atoms with E-state index in [9.17, 15) is 22.8 Å². The Bertz CT molecular complexity index is 924. The van der Waals surface area contributed by atoms with Gasteiger partial charge in [-0.1, -0.05) is 11.6 Å². The normalized spacial score (nSPS) is 20.1. The van der Waals surface area contributed by atoms with Gasteiger partial charge in [0.25, 0.3) is 6.47 Å². The second kappa shape index (κ2) is 13.3. The number of alkyl halides is 3. The maximum atomic E-state index is 12.7. The smallest absolute Gasteiger partial charge is 0.462 e. The van der Waals surface area contributed by atoms with Crippen LogP contribution in [-0.2, 0) is 9.53 Å². The van der Waals surface area contributed by atoms with Gasteiger partial charge in [0.1, 0.15) is 11.4 Å². The number of urea groups is 1. The molecule has 2 amide bonds. The highest BCUT2D eigenvalue weighted by Crippen LogP contribution is 2.37. The van der Waals surface area contributed by atoms with Gasteiger partial charge in [-0.15, -0.1) is 13.2 Å². The van der Waals surface area contributed by atoms with Gasteiger partial charge >= 0.3 is 12.4 Å². The molecular formula is C24H35BrClF3N4O4. The highest BCUT2D eigenvalue weighted by atomic mass is 79.9. The summed E-state index contributed by atoms with van der Waals surface area (Å²) < 4.78 is 46.3. The average Bonchev–Trinajstić information content (AvgIpc) is 2.76. The molecule has 1 N–H and O–H groups in total. The Morgan fingerprint density at radius 2 is 1.78 bits per heavy atom. The van der Waals surface area contributed by atoms with E-state index in [-0.39, 0.29) is 26.8 Å². The maximum absolute atomic E-state index is 12.7. The van der Waals surface area contributed by atoms with Crippen molar-refractivity contribution in [3.63, 3.8) is 0 Å². The fraction of sp³-hybridized carbons (Fsp3) is 0.667. The molecule has 8 nitrogen and oxygen atoms in total. The summed E-state index contributed by atoms with van der Waals surface area (Å²) in [4.78, 5) is 28.8. The van der Waals surface area contributed by atoms with Crippen LogP contribution in [0.15, 0.2) is 16.6 Å². The Morgan fingerprint density at radius 3 is 2.27 bits per heavy atom. The lowest BCUT2D eigenvalue weighted by molar-refractivity contribution is -0.274. The molecule has 0 saturated carbocycles. The Kier molecular flexibility index (Phi) is 11.3. The Morgan fingerprint density at radius 1 is 1.16 bits per heavy atom. The summed E-state index contributed by atoms with van der Waals surface area (Å²) in [6.45, 7) is 12.4. The summed E-state index contributed by atoms with van der Waals surface area (Å²) in [5.41, 5.74) is -0.249. The van der Waals surface area contributed by atoms with E-state index in [1.165, 1.54) is 6.07 Å². The van der Waals surface area contributed by atoms with Crippen LogP contribution in [0.2, 0.25) is 5.02 Å². The van der Waals surface area contributed by atoms with Crippen molar-refractivity contribution in [2.45, 2.75) is 64.6 Å². The number of hydrogen-bond acceptors (Lipinski definition) is 6. The second-order valence-corrected chi connectivity index (χ2v) is 11.4. The Hall–Kier alpha value is -1.76. The van der Waals surface area contributed by atoms with Gasteiger partial charge in [0.15, 0.2) is 0 Å². The van der Waals surface area contributed by atoms with Crippen molar-refractivity contribution in [3.05, 3.63) is 21.6 Å². The largest absolute Gasteiger partial charge is 0.573 e. The quantitative estimate of drug-likeness (QED) is 0.445. The first-order valence-corrected chi connectivity index (χ1v) is 13.1. The Labute approximate surface area is 229 Å². The molecule has 2 fully saturated rings. The second-order valence-electron chi connectivity index (χ2n) is 10.1. The van der Waals surface area contributed by atoms with E-state index in [1.807, 2.05) is 20.8 Å². The van der Waals surface area contributed by atoms with Crippen LogP contribution in [0.25, 0.3) is 0 Å². The summed E-state index contributed by atoms with van der Waals surface area (Å²) >= 11 is 9.09. The number of carbonyl (C=O) groups excluding carboxylic acids is 2. The number of halogens is 5. The van der Waals surface area contributed by atoms with Gasteiger partial charge in [-0.3, -0.25) is 9.69 Å². The van der Waals surface area contributed by atoms with Crippen LogP contribution < -0.4 is 10.1 Å². The van der Waals surface area contributed by atoms with Crippen molar-refractivity contribution in [2.75, 3.05) is 45.1 Å². The number of likely N-dealkylation sites (tertiary alicyclic amines) is 1. The molecule has 3 rings (SSSR count). The number of ether oxygens (including phenoxy) is 2. The molecule has 13 heteroatoms. The summed E-state index contributed by atoms with van der Waals surface area (Å²) in [6, 6.07) is 2.85. The van der Waals surface area contributed by atoms with Crippen molar-refractivity contribution in [1.82, 2.24) is 14.7 Å². The van der Waals surface area contributed by atoms with Crippen molar-refractivity contribution in [2.24, 2.45) is 0 Å². The SMILES string of the molecule is CC(C)(C)OC=O.CC1CN(C)CCN1C1CCN(C(=O)Nc2cc(OC(F)(F)F)c(Br)cc2Cl)CC1. The maximum Gasteiger partial charge on any atom is 0.573 e. The first kappa shape index (κ1) is 31.5. The van der Waals surface area contributed by atoms with Crippen molar-refractivity contribution >= 4 is 45.7 Å². The fourth-order valence-corrected chi connectivity index (χ4v) is 5.03. The van der Waals surface area contributed by atoms with E-state index in [2.05, 4.69) is 54.5 Å². The van der Waals surface area contributed by atoms with Gasteiger partial charge in [-0.2, -0.15) is 0 Å². The first-order chi connectivity index (χ1) is 17.1. The Balaban J connectivity index is 0.000000604. The number of hydrogen-bond donors (Lipinski definition) is 1. The van der Waals surface area contributed by atoms with Gasteiger partial charge in [0.2, 0.25) is 0 Å². The molecule has 0 spiro atoms. The van der Waals surface area contributed by atoms with Crippen molar-refractivity contribution in [1.29, 1.82) is 0 Å². The zero-order valence-electron chi connectivity index (χ0n) is 21.7. The highest BCUT2D eigenvalue weighted by Gasteiger charge is 2.34. The van der Waals surface area contributed by atoms with Gasteiger partial charge in [-0.25, -0.2) is 4.79 Å². The number of piperidine rings is 1. The zero-order valence-corrected chi connectivity index (χ0v) is 24.0. The summed E-state index contributed by atoms with van der Waals surface area (Å²) in [6.07, 6.45) is -3.13. The molecule has 0 radical (unpaired) electrons. The van der Waals surface area contributed by atoms with Crippen LogP contribution in [0.5, 0.6) is 5.75 Å². The number of nitrogens with one attached hydrogen (secondary N) is 1. The fourth-order valence-electron chi connectivity index (χ4n) is 4.26. The molecule has 2 heterocycles. The van der Waals surface area contributed by atoms with Gasteiger partial charge in [0, 0.05) is 50.9 Å². The average molecular weight is 616 g/mol. The molecule has 0 aromatic heterocycles. The molecule has 1 aromatic rings. The minimum absolute atomic E-state index is 0.0462. The molecule has 2 saturated heterocycles. The molecule has 37 heavy (non-hydrogen) atoms. The van der Waals surface area contributed by atoms with E-state index in [1.54, 1.807) is 4.90 Å². The summed E-state index contributed by atoms with van der Waals surface area (Å²) in [5.74, 6) is -0.468. The number of likely N-dealkylation sites (N-methyl/N-ethyl adjacent to an activating group) is 1. The molecule has 0 aliphatic carbocycles. The van der Waals surface area contributed by atoms with Crippen LogP contribution in [0.3, 0.4) is 0 Å². The van der Waals surface area contributed by atoms with Gasteiger partial charge in [-0.05, 0) is 69.6 Å². The lowest BCUT2D eigenvalue weighted by Gasteiger charge is -2.45. The number of rotatable bonds is 4. The third-order valence-corrected chi connectivity index (χ3v) is 6.93. The van der Waals surface area contributed by atoms with Gasteiger partial charge in [0.05, 0.1) is 15.2 Å². The van der Waals surface area contributed by atoms with E-state index < -0.39 is 12.1 Å². The third kappa shape index (κ3) is 10.5. The number of piperazine rings is 1. The van der Waals surface area contributed by atoms with E-state index >= 15 is 0 Å². The van der Waals surface area contributed by atoms with Crippen LogP contribution in [0.1, 0.15) is 40.5 Å². The minimum Gasteiger partial charge on any atom is -0.462 e. The van der Waals surface area contributed by atoms with Crippen molar-refractivity contribution in [3.8, 4) is 5.75 Å². The molecule has 0 bridgehead atoms. The number of nitrogens with zero attached hydrogens (tertiary/aromatic N) is 3.